The van der Waals surface area contributed by atoms with Gasteiger partial charge in [-0.1, -0.05) is 35.8 Å². The number of hydrogen-bond donors (Lipinski definition) is 1. The van der Waals surface area contributed by atoms with Crippen molar-refractivity contribution in [3.63, 3.8) is 0 Å². The molecule has 0 radical (unpaired) electrons. The van der Waals surface area contributed by atoms with Crippen LogP contribution in [0.25, 0.3) is 0 Å². The molecule has 0 aromatic heterocycles. The molecule has 1 heterocycles. The van der Waals surface area contributed by atoms with Gasteiger partial charge in [-0.2, -0.15) is 0 Å². The molecule has 1 N–H and O–H groups in total. The summed E-state index contributed by atoms with van der Waals surface area (Å²) in [5.41, 5.74) is 2.65. The van der Waals surface area contributed by atoms with Crippen molar-refractivity contribution in [2.24, 2.45) is 0 Å². The van der Waals surface area contributed by atoms with Crippen LogP contribution in [0.4, 0.5) is 5.69 Å². The molecule has 1 atom stereocenters. The average molecular weight is 340 g/mol. The van der Waals surface area contributed by atoms with Gasteiger partial charge in [0.15, 0.2) is 0 Å². The highest BCUT2D eigenvalue weighted by atomic mass is 79.9. The number of rotatable bonds is 5. The van der Waals surface area contributed by atoms with Crippen molar-refractivity contribution in [1.29, 1.82) is 0 Å². The molecule has 0 amide bonds. The zero-order valence-corrected chi connectivity index (χ0v) is 14.6. The number of benzene rings is 1. The van der Waals surface area contributed by atoms with Crippen LogP contribution in [0.1, 0.15) is 25.8 Å². The zero-order chi connectivity index (χ0) is 14.7. The molecule has 1 unspecified atom stereocenters. The summed E-state index contributed by atoms with van der Waals surface area (Å²) in [5, 5.41) is 3.46. The molecule has 0 saturated carbocycles. The van der Waals surface area contributed by atoms with Crippen LogP contribution in [-0.2, 0) is 6.54 Å². The molecule has 1 aromatic rings. The molecule has 2 rings (SSSR count). The van der Waals surface area contributed by atoms with E-state index in [-0.39, 0.29) is 0 Å². The van der Waals surface area contributed by atoms with Crippen molar-refractivity contribution in [2.45, 2.75) is 38.9 Å². The Kier molecular flexibility index (Phi) is 5.47. The summed E-state index contributed by atoms with van der Waals surface area (Å²) in [7, 11) is 4.34. The molecule has 1 aliphatic heterocycles. The summed E-state index contributed by atoms with van der Waals surface area (Å²) in [6, 6.07) is 7.94. The van der Waals surface area contributed by atoms with Crippen LogP contribution < -0.4 is 10.2 Å². The Bertz CT molecular complexity index is 445. The van der Waals surface area contributed by atoms with E-state index in [0.29, 0.717) is 12.1 Å². The lowest BCUT2D eigenvalue weighted by Gasteiger charge is -2.22. The predicted molar refractivity (Wildman–Crippen MR) is 90.4 cm³/mol. The summed E-state index contributed by atoms with van der Waals surface area (Å²) in [5.74, 6) is 0. The molecule has 3 nitrogen and oxygen atoms in total. The van der Waals surface area contributed by atoms with E-state index in [2.05, 4.69) is 77.2 Å². The van der Waals surface area contributed by atoms with Crippen LogP contribution in [0.2, 0.25) is 0 Å². The second-order valence-corrected chi connectivity index (χ2v) is 7.02. The number of hydrogen-bond acceptors (Lipinski definition) is 3. The highest BCUT2D eigenvalue weighted by molar-refractivity contribution is 9.10. The van der Waals surface area contributed by atoms with Crippen LogP contribution in [0.5, 0.6) is 0 Å². The van der Waals surface area contributed by atoms with Crippen molar-refractivity contribution in [1.82, 2.24) is 10.2 Å². The molecule has 1 aliphatic rings. The van der Waals surface area contributed by atoms with Gasteiger partial charge in [0.05, 0.1) is 0 Å². The highest BCUT2D eigenvalue weighted by Crippen LogP contribution is 2.27. The minimum Gasteiger partial charge on any atom is -0.370 e. The van der Waals surface area contributed by atoms with Crippen molar-refractivity contribution in [3.8, 4) is 0 Å². The molecular formula is C16H26BrN3. The first-order valence-corrected chi connectivity index (χ1v) is 8.20. The Morgan fingerprint density at radius 1 is 1.40 bits per heavy atom. The maximum absolute atomic E-state index is 3.71. The Morgan fingerprint density at radius 3 is 2.70 bits per heavy atom. The van der Waals surface area contributed by atoms with E-state index in [4.69, 9.17) is 0 Å². The van der Waals surface area contributed by atoms with E-state index in [1.165, 1.54) is 22.1 Å². The van der Waals surface area contributed by atoms with Gasteiger partial charge >= 0.3 is 0 Å². The number of halogens is 1. The van der Waals surface area contributed by atoms with Crippen LogP contribution in [-0.4, -0.2) is 44.2 Å². The first-order valence-electron chi connectivity index (χ1n) is 7.40. The largest absolute Gasteiger partial charge is 0.370 e. The van der Waals surface area contributed by atoms with Crippen molar-refractivity contribution in [2.75, 3.05) is 32.1 Å². The van der Waals surface area contributed by atoms with Crippen LogP contribution in [0.3, 0.4) is 0 Å². The lowest BCUT2D eigenvalue weighted by Crippen LogP contribution is -2.31. The summed E-state index contributed by atoms with van der Waals surface area (Å²) in [4.78, 5) is 4.81. The third-order valence-electron chi connectivity index (χ3n) is 4.00. The maximum atomic E-state index is 3.71. The molecule has 1 aromatic carbocycles. The summed E-state index contributed by atoms with van der Waals surface area (Å²) in [6.45, 7) is 7.54. The molecule has 0 aliphatic carbocycles. The van der Waals surface area contributed by atoms with E-state index in [9.17, 15) is 0 Å². The maximum Gasteiger partial charge on any atom is 0.0378 e. The van der Waals surface area contributed by atoms with Crippen molar-refractivity contribution < 1.29 is 0 Å². The molecule has 4 heteroatoms. The first-order chi connectivity index (χ1) is 9.47. The Labute approximate surface area is 131 Å². The second-order valence-electron chi connectivity index (χ2n) is 6.16. The minimum absolute atomic E-state index is 0.515. The summed E-state index contributed by atoms with van der Waals surface area (Å²) in [6.07, 6.45) is 1.25. The standard InChI is InChI=1S/C16H26BrN3/c1-12(2)18-10-13-5-6-14(9-16(13)17)20-8-7-15(11-20)19(3)4/h5-6,9,12,15,18H,7-8,10-11H2,1-4H3. The lowest BCUT2D eigenvalue weighted by molar-refractivity contribution is 0.315. The van der Waals surface area contributed by atoms with Crippen molar-refractivity contribution in [3.05, 3.63) is 28.2 Å². The van der Waals surface area contributed by atoms with E-state index in [0.717, 1.165) is 19.6 Å². The molecule has 1 saturated heterocycles. The molecular weight excluding hydrogens is 314 g/mol. The fourth-order valence-corrected chi connectivity index (χ4v) is 3.10. The van der Waals surface area contributed by atoms with Gasteiger partial charge in [-0.05, 0) is 38.2 Å². The molecule has 0 bridgehead atoms. The number of likely N-dealkylation sites (N-methyl/N-ethyl adjacent to an activating group) is 1. The van der Waals surface area contributed by atoms with E-state index in [1.54, 1.807) is 0 Å². The Morgan fingerprint density at radius 2 is 2.15 bits per heavy atom. The third kappa shape index (κ3) is 3.96. The number of nitrogens with one attached hydrogen (secondary N) is 1. The molecule has 112 valence electrons. The minimum atomic E-state index is 0.515. The number of anilines is 1. The van der Waals surface area contributed by atoms with Crippen LogP contribution >= 0.6 is 15.9 Å². The third-order valence-corrected chi connectivity index (χ3v) is 4.73. The average Bonchev–Trinajstić information content (AvgIpc) is 2.86. The quantitative estimate of drug-likeness (QED) is 0.889. The fraction of sp³-hybridized carbons (Fsp3) is 0.625. The van der Waals surface area contributed by atoms with Gasteiger partial charge in [0.1, 0.15) is 0 Å². The predicted octanol–water partition coefficient (Wildman–Crippen LogP) is 3.09. The van der Waals surface area contributed by atoms with Gasteiger partial charge in [0.2, 0.25) is 0 Å². The Hall–Kier alpha value is -0.580. The molecule has 1 fully saturated rings. The SMILES string of the molecule is CC(C)NCc1ccc(N2CCC(N(C)C)C2)cc1Br. The van der Waals surface area contributed by atoms with E-state index >= 15 is 0 Å². The summed E-state index contributed by atoms with van der Waals surface area (Å²) >= 11 is 3.71. The van der Waals surface area contributed by atoms with Gasteiger partial charge in [-0.15, -0.1) is 0 Å². The highest BCUT2D eigenvalue weighted by Gasteiger charge is 2.24. The lowest BCUT2D eigenvalue weighted by atomic mass is 10.2. The van der Waals surface area contributed by atoms with Gasteiger partial charge < -0.3 is 15.1 Å². The van der Waals surface area contributed by atoms with Gasteiger partial charge in [-0.25, -0.2) is 0 Å². The zero-order valence-electron chi connectivity index (χ0n) is 13.0. The fourth-order valence-electron chi connectivity index (χ4n) is 2.59. The van der Waals surface area contributed by atoms with E-state index < -0.39 is 0 Å². The van der Waals surface area contributed by atoms with Crippen molar-refractivity contribution >= 4 is 21.6 Å². The topological polar surface area (TPSA) is 18.5 Å². The Balaban J connectivity index is 2.02. The number of nitrogens with zero attached hydrogens (tertiary/aromatic N) is 2. The van der Waals surface area contributed by atoms with Gasteiger partial charge in [-0.3, -0.25) is 0 Å². The summed E-state index contributed by atoms with van der Waals surface area (Å²) < 4.78 is 1.21. The molecule has 0 spiro atoms. The molecule has 20 heavy (non-hydrogen) atoms. The van der Waals surface area contributed by atoms with Gasteiger partial charge in [0, 0.05) is 41.9 Å². The van der Waals surface area contributed by atoms with Crippen LogP contribution in [0, 0.1) is 0 Å². The van der Waals surface area contributed by atoms with Gasteiger partial charge in [0.25, 0.3) is 0 Å². The second kappa shape index (κ2) is 6.92. The van der Waals surface area contributed by atoms with Crippen LogP contribution in [0.15, 0.2) is 22.7 Å². The normalized spacial score (nSPS) is 19.4. The monoisotopic (exact) mass is 339 g/mol. The van der Waals surface area contributed by atoms with E-state index in [1.807, 2.05) is 0 Å². The first kappa shape index (κ1) is 15.8. The smallest absolute Gasteiger partial charge is 0.0378 e.